The number of aliphatic hydroxyl groups excluding tert-OH is 1. The van der Waals surface area contributed by atoms with Crippen LogP contribution >= 0.6 is 0 Å². The zero-order valence-corrected chi connectivity index (χ0v) is 11.8. The third-order valence-corrected chi connectivity index (χ3v) is 2.75. The Morgan fingerprint density at radius 1 is 1.00 bits per heavy atom. The summed E-state index contributed by atoms with van der Waals surface area (Å²) in [4.78, 5) is 10.1. The minimum absolute atomic E-state index is 0.0170. The molecule has 7 nitrogen and oxygen atoms in total. The molecule has 0 aliphatic carbocycles. The van der Waals surface area contributed by atoms with Gasteiger partial charge in [-0.2, -0.15) is 10.2 Å². The van der Waals surface area contributed by atoms with Gasteiger partial charge in [-0.3, -0.25) is 10.1 Å². The Kier molecular flexibility index (Phi) is 5.56. The van der Waals surface area contributed by atoms with Crippen LogP contribution in [-0.2, 0) is 0 Å². The van der Waals surface area contributed by atoms with E-state index in [1.807, 2.05) is 0 Å². The average Bonchev–Trinajstić information content (AvgIpc) is 2.55. The van der Waals surface area contributed by atoms with Crippen LogP contribution in [0, 0.1) is 10.1 Å². The molecular formula is C15H15N3O4. The molecule has 0 saturated heterocycles. The second-order valence-corrected chi connectivity index (χ2v) is 4.39. The number of nitro benzene ring substituents is 1. The van der Waals surface area contributed by atoms with E-state index >= 15 is 0 Å². The van der Waals surface area contributed by atoms with Gasteiger partial charge in [0.05, 0.1) is 22.9 Å². The Labute approximate surface area is 127 Å². The first-order valence-electron chi connectivity index (χ1n) is 6.69. The Balaban J connectivity index is 1.96. The van der Waals surface area contributed by atoms with Crippen LogP contribution in [0.15, 0.2) is 58.8 Å². The summed E-state index contributed by atoms with van der Waals surface area (Å²) in [6.07, 6.45) is 0.585. The summed E-state index contributed by atoms with van der Waals surface area (Å²) >= 11 is 0. The minimum Gasteiger partial charge on any atom is -0.494 e. The van der Waals surface area contributed by atoms with Crippen LogP contribution in [0.3, 0.4) is 0 Å². The van der Waals surface area contributed by atoms with Crippen molar-refractivity contribution in [1.29, 1.82) is 0 Å². The summed E-state index contributed by atoms with van der Waals surface area (Å²) in [5, 5.41) is 27.3. The molecular weight excluding hydrogens is 286 g/mol. The van der Waals surface area contributed by atoms with Gasteiger partial charge in [0.1, 0.15) is 5.75 Å². The van der Waals surface area contributed by atoms with Crippen molar-refractivity contribution in [2.24, 2.45) is 10.2 Å². The molecule has 7 heteroatoms. The SMILES string of the molecule is O=[N+]([O-])c1ccc(N=Nc2ccc(OCCCO)cc2)cc1. The monoisotopic (exact) mass is 301 g/mol. The van der Waals surface area contributed by atoms with Crippen molar-refractivity contribution in [1.82, 2.24) is 0 Å². The van der Waals surface area contributed by atoms with E-state index in [4.69, 9.17) is 9.84 Å². The number of hydrogen-bond donors (Lipinski definition) is 1. The highest BCUT2D eigenvalue weighted by molar-refractivity contribution is 5.45. The maximum Gasteiger partial charge on any atom is 0.269 e. The lowest BCUT2D eigenvalue weighted by Crippen LogP contribution is -1.99. The smallest absolute Gasteiger partial charge is 0.269 e. The molecule has 0 fully saturated rings. The fourth-order valence-electron chi connectivity index (χ4n) is 1.62. The van der Waals surface area contributed by atoms with Gasteiger partial charge in [-0.15, -0.1) is 0 Å². The molecule has 0 radical (unpaired) electrons. The van der Waals surface area contributed by atoms with Crippen molar-refractivity contribution in [3.8, 4) is 5.75 Å². The van der Waals surface area contributed by atoms with Crippen LogP contribution in [0.4, 0.5) is 17.1 Å². The van der Waals surface area contributed by atoms with E-state index in [0.717, 1.165) is 0 Å². The van der Waals surface area contributed by atoms with Gasteiger partial charge in [0.15, 0.2) is 0 Å². The predicted octanol–water partition coefficient (Wildman–Crippen LogP) is 3.77. The molecule has 0 aliphatic heterocycles. The summed E-state index contributed by atoms with van der Waals surface area (Å²) in [6.45, 7) is 0.557. The van der Waals surface area contributed by atoms with E-state index in [9.17, 15) is 10.1 Å². The highest BCUT2D eigenvalue weighted by Gasteiger charge is 2.03. The summed E-state index contributed by atoms with van der Waals surface area (Å²) in [5.41, 5.74) is 1.20. The number of ether oxygens (including phenoxy) is 1. The number of aliphatic hydroxyl groups is 1. The van der Waals surface area contributed by atoms with Gasteiger partial charge in [-0.1, -0.05) is 0 Å². The maximum atomic E-state index is 10.5. The number of rotatable bonds is 7. The van der Waals surface area contributed by atoms with E-state index in [0.29, 0.717) is 30.2 Å². The lowest BCUT2D eigenvalue weighted by molar-refractivity contribution is -0.384. The van der Waals surface area contributed by atoms with Gasteiger partial charge >= 0.3 is 0 Å². The molecule has 0 atom stereocenters. The number of hydrogen-bond acceptors (Lipinski definition) is 6. The van der Waals surface area contributed by atoms with Crippen LogP contribution in [0.25, 0.3) is 0 Å². The van der Waals surface area contributed by atoms with Crippen LogP contribution in [0.1, 0.15) is 6.42 Å². The second-order valence-electron chi connectivity index (χ2n) is 4.39. The van der Waals surface area contributed by atoms with Crippen molar-refractivity contribution < 1.29 is 14.8 Å². The van der Waals surface area contributed by atoms with Crippen LogP contribution in [-0.4, -0.2) is 23.2 Å². The zero-order chi connectivity index (χ0) is 15.8. The van der Waals surface area contributed by atoms with Gasteiger partial charge in [0.2, 0.25) is 0 Å². The molecule has 0 saturated carbocycles. The number of non-ortho nitro benzene ring substituents is 1. The van der Waals surface area contributed by atoms with E-state index in [-0.39, 0.29) is 12.3 Å². The molecule has 0 aromatic heterocycles. The topological polar surface area (TPSA) is 97.3 Å². The third kappa shape index (κ3) is 4.64. The molecule has 1 N–H and O–H groups in total. The van der Waals surface area contributed by atoms with E-state index < -0.39 is 4.92 Å². The first kappa shape index (κ1) is 15.6. The number of nitrogens with zero attached hydrogens (tertiary/aromatic N) is 3. The van der Waals surface area contributed by atoms with Crippen LogP contribution in [0.2, 0.25) is 0 Å². The third-order valence-electron chi connectivity index (χ3n) is 2.75. The molecule has 0 heterocycles. The van der Waals surface area contributed by atoms with Crippen LogP contribution in [0.5, 0.6) is 5.75 Å². The Bertz CT molecular complexity index is 639. The minimum atomic E-state index is -0.462. The van der Waals surface area contributed by atoms with E-state index in [1.165, 1.54) is 24.3 Å². The molecule has 0 aliphatic rings. The van der Waals surface area contributed by atoms with Gasteiger partial charge in [0.25, 0.3) is 5.69 Å². The van der Waals surface area contributed by atoms with E-state index in [2.05, 4.69) is 10.2 Å². The lowest BCUT2D eigenvalue weighted by atomic mass is 10.3. The van der Waals surface area contributed by atoms with Gasteiger partial charge in [0, 0.05) is 25.2 Å². The first-order chi connectivity index (χ1) is 10.7. The Morgan fingerprint density at radius 3 is 2.05 bits per heavy atom. The summed E-state index contributed by atoms with van der Waals surface area (Å²) in [6, 6.07) is 12.9. The van der Waals surface area contributed by atoms with Gasteiger partial charge in [-0.25, -0.2) is 0 Å². The second kappa shape index (κ2) is 7.84. The largest absolute Gasteiger partial charge is 0.494 e. The fourth-order valence-corrected chi connectivity index (χ4v) is 1.62. The molecule has 0 unspecified atom stereocenters. The molecule has 2 rings (SSSR count). The molecule has 0 spiro atoms. The number of azo groups is 1. The van der Waals surface area contributed by atoms with Crippen molar-refractivity contribution in [2.45, 2.75) is 6.42 Å². The Hall–Kier alpha value is -2.80. The molecule has 2 aromatic carbocycles. The first-order valence-corrected chi connectivity index (χ1v) is 6.69. The number of benzene rings is 2. The molecule has 0 amide bonds. The van der Waals surface area contributed by atoms with Gasteiger partial charge < -0.3 is 9.84 Å². The molecule has 114 valence electrons. The van der Waals surface area contributed by atoms with Crippen LogP contribution < -0.4 is 4.74 Å². The Morgan fingerprint density at radius 2 is 1.55 bits per heavy atom. The van der Waals surface area contributed by atoms with Crippen molar-refractivity contribution in [3.63, 3.8) is 0 Å². The highest BCUT2D eigenvalue weighted by atomic mass is 16.6. The van der Waals surface area contributed by atoms with Crippen molar-refractivity contribution in [2.75, 3.05) is 13.2 Å². The summed E-state index contributed by atoms with van der Waals surface area (Å²) in [5.74, 6) is 0.697. The quantitative estimate of drug-likeness (QED) is 0.364. The standard InChI is InChI=1S/C15H15N3O4/c19-10-1-11-22-15-8-4-13(5-9-15)17-16-12-2-6-14(7-3-12)18(20)21/h2-9,19H,1,10-11H2. The molecule has 22 heavy (non-hydrogen) atoms. The lowest BCUT2D eigenvalue weighted by Gasteiger charge is -2.04. The average molecular weight is 301 g/mol. The van der Waals surface area contributed by atoms with E-state index in [1.54, 1.807) is 24.3 Å². The zero-order valence-electron chi connectivity index (χ0n) is 11.8. The van der Waals surface area contributed by atoms with Gasteiger partial charge in [-0.05, 0) is 36.4 Å². The number of nitro groups is 1. The van der Waals surface area contributed by atoms with Crippen molar-refractivity contribution >= 4 is 17.1 Å². The maximum absolute atomic E-state index is 10.5. The summed E-state index contributed by atoms with van der Waals surface area (Å²) < 4.78 is 5.40. The summed E-state index contributed by atoms with van der Waals surface area (Å²) in [7, 11) is 0. The fraction of sp³-hybridized carbons (Fsp3) is 0.200. The van der Waals surface area contributed by atoms with Crippen molar-refractivity contribution in [3.05, 3.63) is 58.6 Å². The predicted molar refractivity (Wildman–Crippen MR) is 80.9 cm³/mol. The molecule has 0 bridgehead atoms. The molecule has 2 aromatic rings. The normalized spacial score (nSPS) is 10.8. The highest BCUT2D eigenvalue weighted by Crippen LogP contribution is 2.22.